The first kappa shape index (κ1) is 29.2. The Morgan fingerprint density at radius 1 is 0.897 bits per heavy atom. The van der Waals surface area contributed by atoms with Gasteiger partial charge >= 0.3 is 0 Å². The lowest BCUT2D eigenvalue weighted by Crippen LogP contribution is -2.42. The number of likely N-dealkylation sites (tertiary alicyclic amines) is 1. The van der Waals surface area contributed by atoms with Crippen molar-refractivity contribution in [2.75, 3.05) is 13.1 Å². The summed E-state index contributed by atoms with van der Waals surface area (Å²) in [6.07, 6.45) is -0.141. The third-order valence-electron chi connectivity index (χ3n) is 7.50. The molecule has 0 N–H and O–H groups in total. The Hall–Kier alpha value is -2.83. The van der Waals surface area contributed by atoms with E-state index in [2.05, 4.69) is 34.1 Å². The van der Waals surface area contributed by atoms with Crippen LogP contribution in [0.15, 0.2) is 48.5 Å². The largest absolute Gasteiger partial charge is 0.334 e. The van der Waals surface area contributed by atoms with Gasteiger partial charge in [-0.25, -0.2) is 8.78 Å². The van der Waals surface area contributed by atoms with Gasteiger partial charge in [-0.05, 0) is 63.8 Å². The molecule has 7 heteroatoms. The topological polar surface area (TPSA) is 36.4 Å². The van der Waals surface area contributed by atoms with Crippen molar-refractivity contribution in [2.45, 2.75) is 78.9 Å². The van der Waals surface area contributed by atoms with Gasteiger partial charge in [0.1, 0.15) is 0 Å². The van der Waals surface area contributed by atoms with E-state index < -0.39 is 5.92 Å². The Morgan fingerprint density at radius 2 is 1.38 bits per heavy atom. The van der Waals surface area contributed by atoms with Crippen molar-refractivity contribution >= 4 is 17.5 Å². The molecule has 0 spiro atoms. The number of nitrogens with zero attached hydrogens (tertiary/aromatic N) is 3. The van der Waals surface area contributed by atoms with Crippen LogP contribution in [-0.2, 0) is 6.54 Å². The van der Waals surface area contributed by atoms with Crippen LogP contribution in [-0.4, -0.2) is 51.8 Å². The fraction of sp³-hybridized carbons (Fsp3) is 0.438. The maximum Gasteiger partial charge on any atom is 0.256 e. The van der Waals surface area contributed by atoms with Crippen LogP contribution < -0.4 is 0 Å². The molecule has 1 fully saturated rings. The Balaban J connectivity index is 1.59. The number of benzene rings is 2. The summed E-state index contributed by atoms with van der Waals surface area (Å²) in [5.74, 6) is -2.62. The van der Waals surface area contributed by atoms with Crippen molar-refractivity contribution in [1.82, 2.24) is 14.8 Å². The van der Waals surface area contributed by atoms with E-state index in [1.165, 1.54) is 0 Å². The molecule has 1 aliphatic rings. The minimum absolute atomic E-state index is 0.0244. The normalized spacial score (nSPS) is 15.7. The lowest BCUT2D eigenvalue weighted by Gasteiger charge is -2.32. The maximum atomic E-state index is 13.8. The number of carbonyl (C=O) groups excluding carboxylic acids is 1. The van der Waals surface area contributed by atoms with Crippen molar-refractivity contribution in [3.63, 3.8) is 0 Å². The number of hydrogen-bond donors (Lipinski definition) is 0. The maximum absolute atomic E-state index is 13.8. The van der Waals surface area contributed by atoms with Gasteiger partial charge in [-0.15, -0.1) is 0 Å². The molecule has 4 nitrogen and oxygen atoms in total. The van der Waals surface area contributed by atoms with Gasteiger partial charge in [-0.2, -0.15) is 0 Å². The zero-order valence-corrected chi connectivity index (χ0v) is 24.4. The van der Waals surface area contributed by atoms with Gasteiger partial charge in [0.25, 0.3) is 11.8 Å². The molecular weight excluding hydrogens is 516 g/mol. The predicted molar refractivity (Wildman–Crippen MR) is 155 cm³/mol. The molecular formula is C32H38ClF2N3O. The lowest BCUT2D eigenvalue weighted by molar-refractivity contribution is -0.0566. The second-order valence-corrected chi connectivity index (χ2v) is 11.5. The minimum atomic E-state index is -2.53. The average Bonchev–Trinajstić information content (AvgIpc) is 2.87. The molecule has 2 heterocycles. The molecule has 1 aromatic heterocycles. The van der Waals surface area contributed by atoms with Gasteiger partial charge < -0.3 is 4.90 Å². The van der Waals surface area contributed by atoms with E-state index in [9.17, 15) is 13.6 Å². The van der Waals surface area contributed by atoms with Crippen LogP contribution in [0.3, 0.4) is 0 Å². The molecule has 0 bridgehead atoms. The zero-order valence-electron chi connectivity index (χ0n) is 23.7. The summed E-state index contributed by atoms with van der Waals surface area (Å²) in [4.78, 5) is 22.4. The quantitative estimate of drug-likeness (QED) is 0.296. The summed E-state index contributed by atoms with van der Waals surface area (Å²) < 4.78 is 26.9. The fourth-order valence-electron chi connectivity index (χ4n) is 5.50. The summed E-state index contributed by atoms with van der Waals surface area (Å²) >= 11 is 6.74. The zero-order chi connectivity index (χ0) is 28.5. The van der Waals surface area contributed by atoms with Crippen LogP contribution in [0.2, 0.25) is 5.02 Å². The number of pyridine rings is 1. The fourth-order valence-corrected chi connectivity index (χ4v) is 5.72. The Labute approximate surface area is 236 Å². The lowest BCUT2D eigenvalue weighted by atomic mass is 9.94. The highest BCUT2D eigenvalue weighted by atomic mass is 35.5. The van der Waals surface area contributed by atoms with E-state index in [1.54, 1.807) is 0 Å². The molecule has 2 aromatic carbocycles. The van der Waals surface area contributed by atoms with Crippen molar-refractivity contribution in [1.29, 1.82) is 0 Å². The highest BCUT2D eigenvalue weighted by Crippen LogP contribution is 2.36. The van der Waals surface area contributed by atoms with Gasteiger partial charge in [-0.3, -0.25) is 14.7 Å². The van der Waals surface area contributed by atoms with Crippen molar-refractivity contribution in [2.24, 2.45) is 0 Å². The Bertz CT molecular complexity index is 1300. The number of rotatable bonds is 7. The van der Waals surface area contributed by atoms with Gasteiger partial charge in [-0.1, -0.05) is 60.1 Å². The SMILES string of the molecule is Cc1nc(C)c(-c2ccc(-c3ccc(CN4CCC(F)(F)CC4)cc3)cc2)c(C(=O)N(C(C)C)C(C)C)c1Cl. The van der Waals surface area contributed by atoms with Crippen LogP contribution in [0.4, 0.5) is 8.78 Å². The predicted octanol–water partition coefficient (Wildman–Crippen LogP) is 8.18. The average molecular weight is 554 g/mol. The van der Waals surface area contributed by atoms with Crippen LogP contribution in [0.5, 0.6) is 0 Å². The van der Waals surface area contributed by atoms with Gasteiger partial charge in [0.05, 0.1) is 16.3 Å². The molecule has 0 saturated carbocycles. The van der Waals surface area contributed by atoms with Crippen LogP contribution >= 0.6 is 11.6 Å². The summed E-state index contributed by atoms with van der Waals surface area (Å²) in [6, 6.07) is 16.4. The van der Waals surface area contributed by atoms with Crippen LogP contribution in [0, 0.1) is 13.8 Å². The first-order valence-corrected chi connectivity index (χ1v) is 14.0. The van der Waals surface area contributed by atoms with Gasteiger partial charge in [0.2, 0.25) is 0 Å². The molecule has 1 amide bonds. The minimum Gasteiger partial charge on any atom is -0.334 e. The number of piperidine rings is 1. The summed E-state index contributed by atoms with van der Waals surface area (Å²) in [6.45, 7) is 13.3. The second kappa shape index (κ2) is 11.7. The van der Waals surface area contributed by atoms with E-state index in [1.807, 2.05) is 70.7 Å². The second-order valence-electron chi connectivity index (χ2n) is 11.2. The number of hydrogen-bond acceptors (Lipinski definition) is 3. The molecule has 1 aliphatic heterocycles. The molecule has 0 atom stereocenters. The third kappa shape index (κ3) is 6.50. The molecule has 1 saturated heterocycles. The number of halogens is 3. The summed E-state index contributed by atoms with van der Waals surface area (Å²) in [5.41, 5.74) is 6.77. The first-order valence-electron chi connectivity index (χ1n) is 13.7. The summed E-state index contributed by atoms with van der Waals surface area (Å²) in [7, 11) is 0. The molecule has 208 valence electrons. The molecule has 3 aromatic rings. The van der Waals surface area contributed by atoms with E-state index >= 15 is 0 Å². The monoisotopic (exact) mass is 553 g/mol. The first-order chi connectivity index (χ1) is 18.4. The Kier molecular flexibility index (Phi) is 8.77. The van der Waals surface area contributed by atoms with E-state index in [0.717, 1.165) is 33.5 Å². The third-order valence-corrected chi connectivity index (χ3v) is 7.96. The van der Waals surface area contributed by atoms with E-state index in [4.69, 9.17) is 11.6 Å². The molecule has 4 rings (SSSR count). The number of alkyl halides is 2. The molecule has 0 unspecified atom stereocenters. The van der Waals surface area contributed by atoms with Crippen LogP contribution in [0.1, 0.15) is 67.8 Å². The number of amides is 1. The molecule has 39 heavy (non-hydrogen) atoms. The van der Waals surface area contributed by atoms with Crippen molar-refractivity contribution in [3.05, 3.63) is 76.1 Å². The number of aryl methyl sites for hydroxylation is 2. The van der Waals surface area contributed by atoms with Gasteiger partial charge in [0.15, 0.2) is 0 Å². The van der Waals surface area contributed by atoms with Gasteiger partial charge in [0, 0.05) is 55.8 Å². The number of carbonyl (C=O) groups is 1. The Morgan fingerprint density at radius 3 is 1.90 bits per heavy atom. The summed E-state index contributed by atoms with van der Waals surface area (Å²) in [5, 5.41) is 0.393. The van der Waals surface area contributed by atoms with Crippen molar-refractivity contribution in [3.8, 4) is 22.3 Å². The molecule has 0 radical (unpaired) electrons. The van der Waals surface area contributed by atoms with E-state index in [-0.39, 0.29) is 30.8 Å². The highest BCUT2D eigenvalue weighted by Gasteiger charge is 2.34. The number of aromatic nitrogens is 1. The van der Waals surface area contributed by atoms with Crippen LogP contribution in [0.25, 0.3) is 22.3 Å². The molecule has 0 aliphatic carbocycles. The highest BCUT2D eigenvalue weighted by molar-refractivity contribution is 6.35. The standard InChI is InChI=1S/C32H38ClF2N3O/c1-20(2)38(21(3)4)31(39)29-28(22(5)36-23(6)30(29)33)27-13-11-26(12-14-27)25-9-7-24(8-10-25)19-37-17-15-32(34,35)16-18-37/h7-14,20-21H,15-19H2,1-6H3. The van der Waals surface area contributed by atoms with E-state index in [0.29, 0.717) is 35.9 Å². The van der Waals surface area contributed by atoms with Crippen molar-refractivity contribution < 1.29 is 13.6 Å². The smallest absolute Gasteiger partial charge is 0.256 e.